The Morgan fingerprint density at radius 3 is 1.86 bits per heavy atom. The Bertz CT molecular complexity index is 2620. The predicted octanol–water partition coefficient (Wildman–Crippen LogP) is 13.8. The van der Waals surface area contributed by atoms with Gasteiger partial charge in [-0.3, -0.25) is 0 Å². The summed E-state index contributed by atoms with van der Waals surface area (Å²) in [7, 11) is 0. The van der Waals surface area contributed by atoms with Crippen LogP contribution in [0.2, 0.25) is 0 Å². The summed E-state index contributed by atoms with van der Waals surface area (Å²) in [6, 6.07) is 49.1. The molecule has 300 valence electrons. The van der Waals surface area contributed by atoms with Crippen molar-refractivity contribution in [3.8, 4) is 5.82 Å². The van der Waals surface area contributed by atoms with Gasteiger partial charge in [-0.25, -0.2) is 4.98 Å². The Morgan fingerprint density at radius 2 is 1.19 bits per heavy atom. The van der Waals surface area contributed by atoms with E-state index in [1.807, 2.05) is 6.20 Å². The number of hydrogen-bond acceptors (Lipinski definition) is 4. The van der Waals surface area contributed by atoms with Crippen molar-refractivity contribution in [2.45, 2.75) is 92.4 Å². The van der Waals surface area contributed by atoms with Gasteiger partial charge in [-0.15, -0.1) is 48.1 Å². The molecule has 0 amide bonds. The van der Waals surface area contributed by atoms with Gasteiger partial charge in [0.05, 0.1) is 0 Å². The van der Waals surface area contributed by atoms with Gasteiger partial charge < -0.3 is 19.3 Å². The van der Waals surface area contributed by atoms with Gasteiger partial charge in [0.15, 0.2) is 0 Å². The number of benzene rings is 5. The van der Waals surface area contributed by atoms with Crippen molar-refractivity contribution in [2.24, 2.45) is 0 Å². The second-order valence-electron chi connectivity index (χ2n) is 18.5. The van der Waals surface area contributed by atoms with Gasteiger partial charge in [0.25, 0.3) is 0 Å². The van der Waals surface area contributed by atoms with Gasteiger partial charge in [0, 0.05) is 55.5 Å². The third-order valence-electron chi connectivity index (χ3n) is 11.3. The number of para-hydroxylation sites is 2. The first-order valence-electron chi connectivity index (χ1n) is 20.1. The van der Waals surface area contributed by atoms with Crippen molar-refractivity contribution in [1.82, 2.24) is 9.55 Å². The van der Waals surface area contributed by atoms with Gasteiger partial charge in [0.1, 0.15) is 5.82 Å². The third kappa shape index (κ3) is 7.62. The van der Waals surface area contributed by atoms with Crippen LogP contribution < -0.4 is 14.7 Å². The molecule has 0 spiro atoms. The van der Waals surface area contributed by atoms with Gasteiger partial charge in [-0.2, -0.15) is 12.1 Å². The van der Waals surface area contributed by atoms with Crippen LogP contribution in [0.5, 0.6) is 0 Å². The Kier molecular flexibility index (Phi) is 10.8. The van der Waals surface area contributed by atoms with Gasteiger partial charge in [-0.05, 0) is 94.6 Å². The Hall–Kier alpha value is -5.12. The molecule has 5 nitrogen and oxygen atoms in total. The van der Waals surface area contributed by atoms with Gasteiger partial charge in [0.2, 0.25) is 0 Å². The molecule has 0 saturated carbocycles. The summed E-state index contributed by atoms with van der Waals surface area (Å²) in [5, 5.41) is 2.31. The molecule has 2 aromatic heterocycles. The topological polar surface area (TPSA) is 27.5 Å². The largest absolute Gasteiger partial charge is 0.497 e. The first-order valence-corrected chi connectivity index (χ1v) is 20.1. The fraction of sp³-hybridized carbons (Fsp3) is 0.269. The maximum Gasteiger partial charge on any atom is 0.135 e. The van der Waals surface area contributed by atoms with E-state index in [0.717, 1.165) is 50.7 Å². The molecule has 0 aliphatic carbocycles. The van der Waals surface area contributed by atoms with Gasteiger partial charge in [-0.1, -0.05) is 122 Å². The van der Waals surface area contributed by atoms with Crippen LogP contribution in [0, 0.1) is 18.8 Å². The summed E-state index contributed by atoms with van der Waals surface area (Å²) >= 11 is 0. The molecular weight excluding hydrogens is 890 g/mol. The number of nitrogens with zero attached hydrogens (tertiary/aromatic N) is 5. The van der Waals surface area contributed by atoms with Crippen LogP contribution >= 0.6 is 0 Å². The minimum Gasteiger partial charge on any atom is -0.497 e. The third-order valence-corrected chi connectivity index (χ3v) is 11.3. The summed E-state index contributed by atoms with van der Waals surface area (Å²) < 4.78 is 2.26. The standard InChI is InChI=1S/C52H54N5.Pt/c1-35-36(2)55(44-29-38(51(6,7)8)28-39(30-44)52(9,10)11)34-54(35)41-20-17-21-42(32-41)56(40-18-13-12-14-19-40)43-24-25-46-45-22-15-16-23-47(45)57(48(46)33-43)49-31-37(26-27-53-49)50(3,4)5;/h12-31,34H,1-11H3;/q-3;. The van der Waals surface area contributed by atoms with E-state index < -0.39 is 0 Å². The minimum absolute atomic E-state index is 0. The van der Waals surface area contributed by atoms with Crippen LogP contribution in [0.3, 0.4) is 0 Å². The minimum atomic E-state index is -0.0159. The molecule has 0 saturated heterocycles. The van der Waals surface area contributed by atoms with Crippen molar-refractivity contribution in [2.75, 3.05) is 14.7 Å². The zero-order chi connectivity index (χ0) is 40.4. The Labute approximate surface area is 360 Å². The smallest absolute Gasteiger partial charge is 0.135 e. The molecule has 6 heteroatoms. The normalized spacial score (nSPS) is 13.8. The van der Waals surface area contributed by atoms with Crippen LogP contribution in [-0.2, 0) is 37.3 Å². The van der Waals surface area contributed by atoms with Crippen molar-refractivity contribution in [3.63, 3.8) is 0 Å². The summed E-state index contributed by atoms with van der Waals surface area (Å²) in [5.74, 6) is 0.885. The molecule has 8 rings (SSSR count). The van der Waals surface area contributed by atoms with E-state index in [0.29, 0.717) is 0 Å². The van der Waals surface area contributed by atoms with E-state index >= 15 is 0 Å². The Balaban J connectivity index is 0.00000512. The summed E-state index contributed by atoms with van der Waals surface area (Å²) in [4.78, 5) is 11.8. The van der Waals surface area contributed by atoms with Crippen molar-refractivity contribution in [3.05, 3.63) is 168 Å². The molecule has 0 N–H and O–H groups in total. The van der Waals surface area contributed by atoms with E-state index in [-0.39, 0.29) is 37.3 Å². The van der Waals surface area contributed by atoms with Gasteiger partial charge >= 0.3 is 0 Å². The molecule has 0 bridgehead atoms. The maximum atomic E-state index is 4.92. The SMILES string of the molecule is CC1=C(C)N(c2cc(C(C)(C)C)cc(C(C)(C)C)c2)[CH-]N1c1[c-]c(N(c2[c-]c3c(cc2)c2ccccc2n3-c2cc(C(C)(C)C)ccn2)c2ccccc2)ccc1.[Pt]. The molecule has 5 aromatic carbocycles. The van der Waals surface area contributed by atoms with Crippen LogP contribution in [0.1, 0.15) is 92.9 Å². The van der Waals surface area contributed by atoms with E-state index in [4.69, 9.17) is 4.98 Å². The average molecular weight is 944 g/mol. The molecule has 0 radical (unpaired) electrons. The molecule has 1 aliphatic rings. The monoisotopic (exact) mass is 943 g/mol. The molecule has 0 unspecified atom stereocenters. The quantitative estimate of drug-likeness (QED) is 0.155. The number of anilines is 5. The zero-order valence-corrected chi connectivity index (χ0v) is 37.9. The first kappa shape index (κ1) is 41.1. The zero-order valence-electron chi connectivity index (χ0n) is 35.7. The molecule has 3 heterocycles. The Morgan fingerprint density at radius 1 is 0.569 bits per heavy atom. The second kappa shape index (κ2) is 15.2. The number of aromatic nitrogens is 2. The van der Waals surface area contributed by atoms with E-state index in [2.05, 4.69) is 229 Å². The summed E-state index contributed by atoms with van der Waals surface area (Å²) in [6.45, 7) is 27.1. The van der Waals surface area contributed by atoms with E-state index in [9.17, 15) is 0 Å². The average Bonchev–Trinajstić information content (AvgIpc) is 3.67. The molecule has 1 aliphatic heterocycles. The van der Waals surface area contributed by atoms with E-state index in [1.165, 1.54) is 33.5 Å². The summed E-state index contributed by atoms with van der Waals surface area (Å²) in [5.41, 5.74) is 13.4. The van der Waals surface area contributed by atoms with Crippen molar-refractivity contribution < 1.29 is 21.1 Å². The van der Waals surface area contributed by atoms with Crippen LogP contribution in [-0.4, -0.2) is 9.55 Å². The maximum absolute atomic E-state index is 4.92. The fourth-order valence-electron chi connectivity index (χ4n) is 7.72. The first-order chi connectivity index (χ1) is 27.0. The van der Waals surface area contributed by atoms with Crippen LogP contribution in [0.15, 0.2) is 133 Å². The number of allylic oxidation sites excluding steroid dienone is 2. The number of pyridine rings is 1. The number of hydrogen-bond donors (Lipinski definition) is 0. The molecular formula is C52H54N5Pt-3. The number of rotatable bonds is 6. The fourth-order valence-corrected chi connectivity index (χ4v) is 7.72. The van der Waals surface area contributed by atoms with Crippen LogP contribution in [0.25, 0.3) is 27.6 Å². The van der Waals surface area contributed by atoms with Crippen molar-refractivity contribution >= 4 is 50.2 Å². The predicted molar refractivity (Wildman–Crippen MR) is 241 cm³/mol. The second-order valence-corrected chi connectivity index (χ2v) is 18.5. The van der Waals surface area contributed by atoms with E-state index in [1.54, 1.807) is 0 Å². The molecule has 58 heavy (non-hydrogen) atoms. The molecule has 0 atom stereocenters. The van der Waals surface area contributed by atoms with Crippen LogP contribution in [0.4, 0.5) is 28.4 Å². The van der Waals surface area contributed by atoms with Crippen molar-refractivity contribution in [1.29, 1.82) is 0 Å². The molecule has 7 aromatic rings. The summed E-state index contributed by atoms with van der Waals surface area (Å²) in [6.07, 6.45) is 1.93. The molecule has 0 fully saturated rings. The number of fused-ring (bicyclic) bond motifs is 3.